The minimum atomic E-state index is 0.121. The number of nitrogens with zero attached hydrogens (tertiary/aromatic N) is 3. The van der Waals surface area contributed by atoms with Crippen LogP contribution in [-0.2, 0) is 11.3 Å². The number of hydrogen-bond donors (Lipinski definition) is 0. The predicted molar refractivity (Wildman–Crippen MR) is 105 cm³/mol. The molecule has 128 valence electrons. The summed E-state index contributed by atoms with van der Waals surface area (Å²) in [5.74, 6) is 0.315. The zero-order valence-electron chi connectivity index (χ0n) is 13.7. The highest BCUT2D eigenvalue weighted by atomic mass is 79.9. The smallest absolute Gasteiger partial charge is 0.232 e. The van der Waals surface area contributed by atoms with Crippen molar-refractivity contribution < 1.29 is 4.79 Å². The highest BCUT2D eigenvalue weighted by Crippen LogP contribution is 2.34. The van der Waals surface area contributed by atoms with Gasteiger partial charge >= 0.3 is 0 Å². The van der Waals surface area contributed by atoms with Crippen molar-refractivity contribution in [2.75, 3.05) is 4.90 Å². The number of carbonyl (C=O) groups excluding carboxylic acids is 1. The summed E-state index contributed by atoms with van der Waals surface area (Å²) < 4.78 is 2.11. The maximum atomic E-state index is 13.2. The van der Waals surface area contributed by atoms with Gasteiger partial charge in [-0.25, -0.2) is 4.98 Å². The first-order valence-electron chi connectivity index (χ1n) is 8.47. The fourth-order valence-electron chi connectivity index (χ4n) is 3.31. The van der Waals surface area contributed by atoms with Crippen LogP contribution in [0.4, 0.5) is 5.13 Å². The second-order valence-electron chi connectivity index (χ2n) is 6.38. The molecule has 1 fully saturated rings. The van der Waals surface area contributed by atoms with Crippen molar-refractivity contribution in [3.8, 4) is 0 Å². The van der Waals surface area contributed by atoms with Crippen molar-refractivity contribution >= 4 is 48.5 Å². The molecule has 3 aromatic rings. The Hall–Kier alpha value is -1.79. The minimum Gasteiger partial charge on any atom is -0.283 e. The maximum absolute atomic E-state index is 13.2. The Morgan fingerprint density at radius 3 is 2.88 bits per heavy atom. The molecule has 25 heavy (non-hydrogen) atoms. The van der Waals surface area contributed by atoms with Gasteiger partial charge in [0, 0.05) is 22.8 Å². The van der Waals surface area contributed by atoms with Crippen LogP contribution in [0.5, 0.6) is 0 Å². The summed E-state index contributed by atoms with van der Waals surface area (Å²) in [6.45, 7) is 0.518. The SMILES string of the molecule is O=C(C1CCCC1)N(Cc1cccnc1)c1nc2ccc(Br)cc2s1. The highest BCUT2D eigenvalue weighted by molar-refractivity contribution is 9.10. The van der Waals surface area contributed by atoms with Gasteiger partial charge in [-0.1, -0.05) is 46.2 Å². The number of anilines is 1. The maximum Gasteiger partial charge on any atom is 0.232 e. The summed E-state index contributed by atoms with van der Waals surface area (Å²) in [5, 5.41) is 0.772. The van der Waals surface area contributed by atoms with Gasteiger partial charge in [0.25, 0.3) is 0 Å². The summed E-state index contributed by atoms with van der Waals surface area (Å²) in [6.07, 6.45) is 7.83. The van der Waals surface area contributed by atoms with Crippen LogP contribution in [0.1, 0.15) is 31.2 Å². The van der Waals surface area contributed by atoms with E-state index in [1.54, 1.807) is 17.5 Å². The van der Waals surface area contributed by atoms with Gasteiger partial charge in [-0.3, -0.25) is 14.7 Å². The molecule has 2 aromatic heterocycles. The predicted octanol–water partition coefficient (Wildman–Crippen LogP) is 5.18. The summed E-state index contributed by atoms with van der Waals surface area (Å²) in [7, 11) is 0. The van der Waals surface area contributed by atoms with Gasteiger partial charge in [0.05, 0.1) is 16.8 Å². The molecule has 4 rings (SSSR count). The lowest BCUT2D eigenvalue weighted by atomic mass is 10.1. The lowest BCUT2D eigenvalue weighted by molar-refractivity contribution is -0.122. The van der Waals surface area contributed by atoms with E-state index < -0.39 is 0 Å². The van der Waals surface area contributed by atoms with Gasteiger partial charge in [0.2, 0.25) is 5.91 Å². The Balaban J connectivity index is 1.71. The average Bonchev–Trinajstić information content (AvgIpc) is 3.29. The molecule has 0 saturated heterocycles. The second-order valence-corrected chi connectivity index (χ2v) is 8.30. The lowest BCUT2D eigenvalue weighted by Crippen LogP contribution is -2.34. The number of amides is 1. The molecule has 1 aliphatic carbocycles. The third-order valence-corrected chi connectivity index (χ3v) is 6.14. The molecule has 1 saturated carbocycles. The van der Waals surface area contributed by atoms with Gasteiger partial charge in [0.15, 0.2) is 5.13 Å². The van der Waals surface area contributed by atoms with E-state index >= 15 is 0 Å². The van der Waals surface area contributed by atoms with Crippen molar-refractivity contribution in [3.05, 3.63) is 52.8 Å². The van der Waals surface area contributed by atoms with Crippen LogP contribution in [0, 0.1) is 5.92 Å². The Labute approximate surface area is 159 Å². The number of carbonyl (C=O) groups is 1. The van der Waals surface area contributed by atoms with Gasteiger partial charge in [-0.2, -0.15) is 0 Å². The number of rotatable bonds is 4. The molecule has 0 atom stereocenters. The number of hydrogen-bond acceptors (Lipinski definition) is 4. The molecule has 0 N–H and O–H groups in total. The number of fused-ring (bicyclic) bond motifs is 1. The fourth-order valence-corrected chi connectivity index (χ4v) is 4.83. The standard InChI is InChI=1S/C19H18BrN3OS/c20-15-7-8-16-17(10-15)25-19(22-16)23(12-13-4-3-9-21-11-13)18(24)14-5-1-2-6-14/h3-4,7-11,14H,1-2,5-6,12H2. The van der Waals surface area contributed by atoms with Crippen molar-refractivity contribution in [1.29, 1.82) is 0 Å². The van der Waals surface area contributed by atoms with Crippen LogP contribution in [0.2, 0.25) is 0 Å². The first kappa shape index (κ1) is 16.7. The zero-order valence-corrected chi connectivity index (χ0v) is 16.1. The topological polar surface area (TPSA) is 46.1 Å². The summed E-state index contributed by atoms with van der Waals surface area (Å²) in [4.78, 5) is 23.9. The van der Waals surface area contributed by atoms with E-state index in [1.165, 1.54) is 0 Å². The first-order valence-corrected chi connectivity index (χ1v) is 10.1. The van der Waals surface area contributed by atoms with Crippen LogP contribution in [0.25, 0.3) is 10.2 Å². The summed E-state index contributed by atoms with van der Waals surface area (Å²) in [5.41, 5.74) is 1.95. The van der Waals surface area contributed by atoms with E-state index in [4.69, 9.17) is 4.98 Å². The van der Waals surface area contributed by atoms with Crippen molar-refractivity contribution in [2.45, 2.75) is 32.2 Å². The van der Waals surface area contributed by atoms with Gasteiger partial charge in [-0.05, 0) is 42.7 Å². The molecule has 4 nitrogen and oxygen atoms in total. The Kier molecular flexibility index (Phi) is 4.81. The molecule has 1 aliphatic rings. The Bertz CT molecular complexity index is 890. The molecular formula is C19H18BrN3OS. The summed E-state index contributed by atoms with van der Waals surface area (Å²) in [6, 6.07) is 9.94. The molecule has 0 aliphatic heterocycles. The lowest BCUT2D eigenvalue weighted by Gasteiger charge is -2.23. The average molecular weight is 416 g/mol. The Morgan fingerprint density at radius 2 is 2.12 bits per heavy atom. The number of aromatic nitrogens is 2. The number of benzene rings is 1. The molecule has 0 radical (unpaired) electrons. The number of halogens is 1. The van der Waals surface area contributed by atoms with Crippen LogP contribution in [0.15, 0.2) is 47.2 Å². The van der Waals surface area contributed by atoms with Crippen molar-refractivity contribution in [3.63, 3.8) is 0 Å². The minimum absolute atomic E-state index is 0.121. The highest BCUT2D eigenvalue weighted by Gasteiger charge is 2.30. The van der Waals surface area contributed by atoms with Gasteiger partial charge in [0.1, 0.15) is 0 Å². The second kappa shape index (κ2) is 7.22. The fraction of sp³-hybridized carbons (Fsp3) is 0.316. The Morgan fingerprint density at radius 1 is 1.28 bits per heavy atom. The normalized spacial score (nSPS) is 14.9. The van der Waals surface area contributed by atoms with E-state index in [0.29, 0.717) is 6.54 Å². The van der Waals surface area contributed by atoms with E-state index in [0.717, 1.165) is 51.1 Å². The van der Waals surface area contributed by atoms with Crippen LogP contribution < -0.4 is 4.90 Å². The first-order chi connectivity index (χ1) is 12.2. The van der Waals surface area contributed by atoms with Gasteiger partial charge < -0.3 is 0 Å². The molecule has 2 heterocycles. The largest absolute Gasteiger partial charge is 0.283 e. The molecular weight excluding hydrogens is 398 g/mol. The number of thiazole rings is 1. The third-order valence-electron chi connectivity index (χ3n) is 4.60. The van der Waals surface area contributed by atoms with Crippen LogP contribution in [0.3, 0.4) is 0 Å². The number of pyridine rings is 1. The van der Waals surface area contributed by atoms with Crippen LogP contribution >= 0.6 is 27.3 Å². The van der Waals surface area contributed by atoms with Crippen LogP contribution in [-0.4, -0.2) is 15.9 Å². The zero-order chi connectivity index (χ0) is 17.2. The molecule has 6 heteroatoms. The monoisotopic (exact) mass is 415 g/mol. The van der Waals surface area contributed by atoms with E-state index in [2.05, 4.69) is 27.0 Å². The van der Waals surface area contributed by atoms with E-state index in [-0.39, 0.29) is 11.8 Å². The third kappa shape index (κ3) is 3.60. The molecule has 0 spiro atoms. The van der Waals surface area contributed by atoms with Crippen molar-refractivity contribution in [1.82, 2.24) is 9.97 Å². The van der Waals surface area contributed by atoms with Gasteiger partial charge in [-0.15, -0.1) is 0 Å². The van der Waals surface area contributed by atoms with E-state index in [1.807, 2.05) is 35.4 Å². The molecule has 1 amide bonds. The molecule has 0 unspecified atom stereocenters. The molecule has 1 aromatic carbocycles. The molecule has 0 bridgehead atoms. The summed E-state index contributed by atoms with van der Waals surface area (Å²) >= 11 is 5.07. The quantitative estimate of drug-likeness (QED) is 0.589. The van der Waals surface area contributed by atoms with Crippen molar-refractivity contribution in [2.24, 2.45) is 5.92 Å². The van der Waals surface area contributed by atoms with E-state index in [9.17, 15) is 4.79 Å².